The van der Waals surface area contributed by atoms with Crippen molar-refractivity contribution in [3.05, 3.63) is 82.2 Å². The molecule has 1 aliphatic rings. The van der Waals surface area contributed by atoms with E-state index in [1.54, 1.807) is 5.31 Å². The Kier molecular flexibility index (Phi) is 7.21. The maximum Gasteiger partial charge on any atom is -0.00836 e. The quantitative estimate of drug-likeness (QED) is 0.389. The summed E-state index contributed by atoms with van der Waals surface area (Å²) in [7, 11) is -0.607. The van der Waals surface area contributed by atoms with E-state index in [9.17, 15) is 0 Å². The average molecular weight is 475 g/mol. The van der Waals surface area contributed by atoms with Crippen LogP contribution in [0.1, 0.15) is 112 Å². The van der Waals surface area contributed by atoms with Crippen molar-refractivity contribution < 1.29 is 0 Å². The van der Waals surface area contributed by atoms with Crippen LogP contribution in [0.25, 0.3) is 0 Å². The fraction of sp³-hybridized carbons (Fsp3) is 0.515. The zero-order chi connectivity index (χ0) is 25.7. The number of hydrogen-bond donors (Lipinski definition) is 0. The Balaban J connectivity index is 2.35. The van der Waals surface area contributed by atoms with E-state index in [0.29, 0.717) is 0 Å². The van der Waals surface area contributed by atoms with Crippen LogP contribution in [0.5, 0.6) is 0 Å². The van der Waals surface area contributed by atoms with E-state index in [1.165, 1.54) is 32.9 Å². The van der Waals surface area contributed by atoms with Crippen LogP contribution in [0.4, 0.5) is 0 Å². The summed E-state index contributed by atoms with van der Waals surface area (Å²) in [4.78, 5) is 0. The lowest BCUT2D eigenvalue weighted by Gasteiger charge is -2.31. The summed E-state index contributed by atoms with van der Waals surface area (Å²) in [5, 5.41) is 4.55. The van der Waals surface area contributed by atoms with Crippen LogP contribution in [0, 0.1) is 0 Å². The third kappa shape index (κ3) is 6.12. The summed E-state index contributed by atoms with van der Waals surface area (Å²) in [6, 6.07) is 15.0. The fourth-order valence-corrected chi connectivity index (χ4v) is 6.85. The molecule has 1 heteroatoms. The van der Waals surface area contributed by atoms with E-state index >= 15 is 0 Å². The van der Waals surface area contributed by atoms with E-state index in [-0.39, 0.29) is 21.7 Å². The van der Waals surface area contributed by atoms with Crippen molar-refractivity contribution in [2.75, 3.05) is 0 Å². The van der Waals surface area contributed by atoms with Gasteiger partial charge in [-0.1, -0.05) is 138 Å². The Labute approximate surface area is 211 Å². The van der Waals surface area contributed by atoms with Crippen molar-refractivity contribution in [3.8, 4) is 0 Å². The second-order valence-corrected chi connectivity index (χ2v) is 16.4. The topological polar surface area (TPSA) is 0 Å². The summed E-state index contributed by atoms with van der Waals surface area (Å²) in [6.07, 6.45) is 8.01. The minimum absolute atomic E-state index is 0.114. The van der Waals surface area contributed by atoms with Gasteiger partial charge in [-0.2, -0.15) is 0 Å². The SMILES string of the molecule is CC(C)(C)c1cc(P(C2=CC=CC2)c2cc(C(C)(C)C)cc(C(C)(C)C)c2)cc(C(C)(C)C)c1. The lowest BCUT2D eigenvalue weighted by Crippen LogP contribution is -2.25. The van der Waals surface area contributed by atoms with Crippen molar-refractivity contribution in [3.63, 3.8) is 0 Å². The van der Waals surface area contributed by atoms with Gasteiger partial charge in [-0.15, -0.1) is 0 Å². The molecule has 2 aromatic carbocycles. The van der Waals surface area contributed by atoms with Gasteiger partial charge in [-0.3, -0.25) is 0 Å². The molecule has 0 saturated heterocycles. The molecule has 0 atom stereocenters. The highest BCUT2D eigenvalue weighted by Gasteiger charge is 2.28. The summed E-state index contributed by atoms with van der Waals surface area (Å²) < 4.78 is 0. The molecule has 3 rings (SSSR count). The molecule has 0 heterocycles. The minimum Gasteiger partial charge on any atom is -0.0801 e. The molecule has 0 bridgehead atoms. The molecule has 2 aromatic rings. The first kappa shape index (κ1) is 26.9. The third-order valence-corrected chi connectivity index (χ3v) is 9.31. The summed E-state index contributed by atoms with van der Waals surface area (Å²) in [6.45, 7) is 28.1. The highest BCUT2D eigenvalue weighted by atomic mass is 31.1. The average Bonchev–Trinajstić information content (AvgIpc) is 3.19. The van der Waals surface area contributed by atoms with Crippen LogP contribution in [-0.4, -0.2) is 0 Å². The molecule has 0 N–H and O–H groups in total. The van der Waals surface area contributed by atoms with Gasteiger partial charge in [0.05, 0.1) is 0 Å². The van der Waals surface area contributed by atoms with Gasteiger partial charge in [0.2, 0.25) is 0 Å². The Morgan fingerprint density at radius 1 is 0.500 bits per heavy atom. The maximum absolute atomic E-state index is 2.51. The van der Waals surface area contributed by atoms with E-state index in [4.69, 9.17) is 0 Å². The monoisotopic (exact) mass is 474 g/mol. The third-order valence-electron chi connectivity index (χ3n) is 6.85. The zero-order valence-corrected chi connectivity index (χ0v) is 24.7. The Bertz CT molecular complexity index is 959. The van der Waals surface area contributed by atoms with Crippen LogP contribution >= 0.6 is 7.92 Å². The minimum atomic E-state index is -0.607. The molecule has 1 aliphatic carbocycles. The second-order valence-electron chi connectivity index (χ2n) is 14.2. The summed E-state index contributed by atoms with van der Waals surface area (Å²) in [5.74, 6) is 0. The lowest BCUT2D eigenvalue weighted by molar-refractivity contribution is 0.569. The predicted molar refractivity (Wildman–Crippen MR) is 156 cm³/mol. The van der Waals surface area contributed by atoms with Crippen LogP contribution in [-0.2, 0) is 21.7 Å². The van der Waals surface area contributed by atoms with Crippen molar-refractivity contribution in [1.82, 2.24) is 0 Å². The lowest BCUT2D eigenvalue weighted by atomic mass is 9.81. The van der Waals surface area contributed by atoms with Gasteiger partial charge in [0.1, 0.15) is 0 Å². The van der Waals surface area contributed by atoms with Gasteiger partial charge < -0.3 is 0 Å². The number of hydrogen-bond acceptors (Lipinski definition) is 0. The van der Waals surface area contributed by atoms with E-state index in [1.807, 2.05) is 0 Å². The molecule has 0 saturated carbocycles. The zero-order valence-electron chi connectivity index (χ0n) is 23.9. The molecule has 0 amide bonds. The van der Waals surface area contributed by atoms with Gasteiger partial charge in [-0.05, 0) is 74.2 Å². The van der Waals surface area contributed by atoms with Crippen LogP contribution in [0.15, 0.2) is 59.9 Å². The molecule has 0 radical (unpaired) electrons. The van der Waals surface area contributed by atoms with E-state index < -0.39 is 7.92 Å². The number of allylic oxidation sites excluding steroid dienone is 4. The normalized spacial score (nSPS) is 15.3. The van der Waals surface area contributed by atoms with Crippen molar-refractivity contribution >= 4 is 18.5 Å². The Hall–Kier alpha value is -1.65. The van der Waals surface area contributed by atoms with Gasteiger partial charge >= 0.3 is 0 Å². The highest BCUT2D eigenvalue weighted by Crippen LogP contribution is 2.48. The molecule has 0 aromatic heterocycles. The Morgan fingerprint density at radius 3 is 1.06 bits per heavy atom. The first-order valence-electron chi connectivity index (χ1n) is 12.9. The predicted octanol–water partition coefficient (Wildman–Crippen LogP) is 9.15. The standard InChI is InChI=1S/C33H47P/c1-30(2,3)23-17-24(31(4,5)6)20-28(19-23)34(27-15-13-14-16-27)29-21-25(32(7,8)9)18-26(22-29)33(10,11)12/h13-15,17-22H,16H2,1-12H3. The van der Waals surface area contributed by atoms with E-state index in [0.717, 1.165) is 6.42 Å². The van der Waals surface area contributed by atoms with Crippen LogP contribution in [0.2, 0.25) is 0 Å². The van der Waals surface area contributed by atoms with Gasteiger partial charge in [0, 0.05) is 0 Å². The molecule has 184 valence electrons. The summed E-state index contributed by atoms with van der Waals surface area (Å²) >= 11 is 0. The first-order valence-corrected chi connectivity index (χ1v) is 14.2. The van der Waals surface area contributed by atoms with Gasteiger partial charge in [-0.25, -0.2) is 0 Å². The second kappa shape index (κ2) is 9.09. The number of benzene rings is 2. The molecule has 0 unspecified atom stereocenters. The molecular weight excluding hydrogens is 427 g/mol. The molecule has 0 fully saturated rings. The molecule has 0 aliphatic heterocycles. The Morgan fingerprint density at radius 2 is 0.824 bits per heavy atom. The maximum atomic E-state index is 2.51. The van der Waals surface area contributed by atoms with Gasteiger partial charge in [0.15, 0.2) is 0 Å². The van der Waals surface area contributed by atoms with Crippen molar-refractivity contribution in [1.29, 1.82) is 0 Å². The molecule has 0 nitrogen and oxygen atoms in total. The van der Waals surface area contributed by atoms with Crippen LogP contribution < -0.4 is 10.6 Å². The largest absolute Gasteiger partial charge is 0.0801 e. The van der Waals surface area contributed by atoms with Crippen molar-refractivity contribution in [2.24, 2.45) is 0 Å². The van der Waals surface area contributed by atoms with Crippen LogP contribution in [0.3, 0.4) is 0 Å². The number of rotatable bonds is 3. The highest BCUT2D eigenvalue weighted by molar-refractivity contribution is 7.76. The van der Waals surface area contributed by atoms with Gasteiger partial charge in [0.25, 0.3) is 0 Å². The molecule has 34 heavy (non-hydrogen) atoms. The van der Waals surface area contributed by atoms with E-state index in [2.05, 4.69) is 138 Å². The van der Waals surface area contributed by atoms with Crippen molar-refractivity contribution in [2.45, 2.75) is 111 Å². The smallest absolute Gasteiger partial charge is 0.00836 e. The fourth-order valence-electron chi connectivity index (χ4n) is 4.30. The first-order chi connectivity index (χ1) is 15.4. The summed E-state index contributed by atoms with van der Waals surface area (Å²) in [5.41, 5.74) is 6.22. The molecular formula is C33H47P. The molecule has 0 spiro atoms.